The molecule has 0 amide bonds. The van der Waals surface area contributed by atoms with Crippen molar-refractivity contribution < 1.29 is 4.74 Å². The summed E-state index contributed by atoms with van der Waals surface area (Å²) in [7, 11) is 0. The molecular formula is C13H18ClNO. The second-order valence-corrected chi connectivity index (χ2v) is 4.91. The van der Waals surface area contributed by atoms with Crippen LogP contribution in [0.1, 0.15) is 32.1 Å². The molecule has 0 radical (unpaired) electrons. The van der Waals surface area contributed by atoms with Crippen molar-refractivity contribution in [3.05, 3.63) is 23.2 Å². The summed E-state index contributed by atoms with van der Waals surface area (Å²) in [5.41, 5.74) is 6.30. The minimum Gasteiger partial charge on any atom is -0.492 e. The van der Waals surface area contributed by atoms with Crippen molar-refractivity contribution in [1.29, 1.82) is 0 Å². The van der Waals surface area contributed by atoms with E-state index < -0.39 is 0 Å². The van der Waals surface area contributed by atoms with Crippen molar-refractivity contribution >= 4 is 17.3 Å². The largest absolute Gasteiger partial charge is 0.492 e. The lowest BCUT2D eigenvalue weighted by Crippen LogP contribution is -2.15. The molecule has 2 nitrogen and oxygen atoms in total. The molecule has 1 saturated carbocycles. The van der Waals surface area contributed by atoms with Gasteiger partial charge < -0.3 is 10.5 Å². The number of halogens is 1. The third-order valence-corrected chi connectivity index (χ3v) is 3.45. The Hall–Kier alpha value is -0.890. The second kappa shape index (κ2) is 5.44. The fourth-order valence-corrected chi connectivity index (χ4v) is 2.44. The zero-order chi connectivity index (χ0) is 11.4. The van der Waals surface area contributed by atoms with Gasteiger partial charge in [0.2, 0.25) is 0 Å². The standard InChI is InChI=1S/C13H18ClNO/c14-12-8-11(15)6-7-13(12)16-9-10-4-2-1-3-5-10/h6-8,10H,1-5,9,15H2. The molecular weight excluding hydrogens is 222 g/mol. The Morgan fingerprint density at radius 2 is 2.00 bits per heavy atom. The van der Waals surface area contributed by atoms with Crippen molar-refractivity contribution in [1.82, 2.24) is 0 Å². The third-order valence-electron chi connectivity index (χ3n) is 3.16. The van der Waals surface area contributed by atoms with Crippen molar-refractivity contribution in [2.24, 2.45) is 5.92 Å². The lowest BCUT2D eigenvalue weighted by Gasteiger charge is -2.21. The fourth-order valence-electron chi connectivity index (χ4n) is 2.20. The van der Waals surface area contributed by atoms with Gasteiger partial charge in [-0.3, -0.25) is 0 Å². The van der Waals surface area contributed by atoms with Crippen LogP contribution in [0, 0.1) is 5.92 Å². The molecule has 3 heteroatoms. The van der Waals surface area contributed by atoms with E-state index in [1.807, 2.05) is 12.1 Å². The van der Waals surface area contributed by atoms with E-state index in [0.29, 0.717) is 16.6 Å². The molecule has 1 aliphatic rings. The number of benzene rings is 1. The Morgan fingerprint density at radius 3 is 2.69 bits per heavy atom. The molecule has 0 aliphatic heterocycles. The van der Waals surface area contributed by atoms with Gasteiger partial charge in [0.1, 0.15) is 5.75 Å². The highest BCUT2D eigenvalue weighted by Crippen LogP contribution is 2.29. The first-order valence-electron chi connectivity index (χ1n) is 5.93. The minimum absolute atomic E-state index is 0.607. The van der Waals surface area contributed by atoms with Gasteiger partial charge in [-0.15, -0.1) is 0 Å². The van der Waals surface area contributed by atoms with Crippen molar-refractivity contribution in [3.63, 3.8) is 0 Å². The number of nitrogen functional groups attached to an aromatic ring is 1. The molecule has 0 aromatic heterocycles. The van der Waals surface area contributed by atoms with Crippen molar-refractivity contribution in [2.45, 2.75) is 32.1 Å². The van der Waals surface area contributed by atoms with Gasteiger partial charge in [0.25, 0.3) is 0 Å². The third kappa shape index (κ3) is 3.05. The van der Waals surface area contributed by atoms with E-state index in [0.717, 1.165) is 12.4 Å². The average molecular weight is 240 g/mol. The molecule has 1 aromatic carbocycles. The van der Waals surface area contributed by atoms with Gasteiger partial charge in [-0.05, 0) is 37.0 Å². The SMILES string of the molecule is Nc1ccc(OCC2CCCCC2)c(Cl)c1. The van der Waals surface area contributed by atoms with Gasteiger partial charge >= 0.3 is 0 Å². The highest BCUT2D eigenvalue weighted by atomic mass is 35.5. The van der Waals surface area contributed by atoms with Crippen LogP contribution in [0.3, 0.4) is 0 Å². The normalized spacial score (nSPS) is 17.3. The van der Waals surface area contributed by atoms with Crippen LogP contribution in [-0.4, -0.2) is 6.61 Å². The van der Waals surface area contributed by atoms with Crippen LogP contribution >= 0.6 is 11.6 Å². The summed E-state index contributed by atoms with van der Waals surface area (Å²) in [5, 5.41) is 0.607. The maximum Gasteiger partial charge on any atom is 0.138 e. The Labute approximate surface area is 102 Å². The molecule has 2 N–H and O–H groups in total. The summed E-state index contributed by atoms with van der Waals surface area (Å²) in [6.07, 6.45) is 6.62. The highest BCUT2D eigenvalue weighted by Gasteiger charge is 2.14. The molecule has 0 bridgehead atoms. The monoisotopic (exact) mass is 239 g/mol. The summed E-state index contributed by atoms with van der Waals surface area (Å²) in [5.74, 6) is 1.45. The predicted molar refractivity (Wildman–Crippen MR) is 67.9 cm³/mol. The molecule has 0 spiro atoms. The number of ether oxygens (including phenoxy) is 1. The number of rotatable bonds is 3. The fraction of sp³-hybridized carbons (Fsp3) is 0.538. The van der Waals surface area contributed by atoms with E-state index in [2.05, 4.69) is 0 Å². The maximum atomic E-state index is 6.04. The maximum absolute atomic E-state index is 6.04. The molecule has 1 fully saturated rings. The predicted octanol–water partition coefficient (Wildman–Crippen LogP) is 3.88. The van der Waals surface area contributed by atoms with Crippen LogP contribution in [0.4, 0.5) is 5.69 Å². The lowest BCUT2D eigenvalue weighted by molar-refractivity contribution is 0.209. The Bertz CT molecular complexity index is 348. The highest BCUT2D eigenvalue weighted by molar-refractivity contribution is 6.32. The second-order valence-electron chi connectivity index (χ2n) is 4.50. The summed E-state index contributed by atoms with van der Waals surface area (Å²) < 4.78 is 5.74. The molecule has 1 aliphatic carbocycles. The summed E-state index contributed by atoms with van der Waals surface area (Å²) in [4.78, 5) is 0. The van der Waals surface area contributed by atoms with Gasteiger partial charge in [-0.25, -0.2) is 0 Å². The van der Waals surface area contributed by atoms with Crippen LogP contribution in [0.2, 0.25) is 5.02 Å². The Kier molecular flexibility index (Phi) is 3.94. The number of hydrogen-bond donors (Lipinski definition) is 1. The van der Waals surface area contributed by atoms with E-state index in [9.17, 15) is 0 Å². The van der Waals surface area contributed by atoms with Crippen molar-refractivity contribution in [3.8, 4) is 5.75 Å². The Morgan fingerprint density at radius 1 is 1.25 bits per heavy atom. The van der Waals surface area contributed by atoms with E-state index in [4.69, 9.17) is 22.1 Å². The molecule has 0 heterocycles. The molecule has 0 saturated heterocycles. The molecule has 88 valence electrons. The van der Waals surface area contributed by atoms with Crippen LogP contribution in [0.15, 0.2) is 18.2 Å². The lowest BCUT2D eigenvalue weighted by atomic mass is 9.90. The van der Waals surface area contributed by atoms with Gasteiger partial charge in [0.15, 0.2) is 0 Å². The quantitative estimate of drug-likeness (QED) is 0.813. The van der Waals surface area contributed by atoms with E-state index in [1.165, 1.54) is 32.1 Å². The van der Waals surface area contributed by atoms with Gasteiger partial charge in [-0.2, -0.15) is 0 Å². The summed E-state index contributed by atoms with van der Waals surface area (Å²) in [6, 6.07) is 5.40. The van der Waals surface area contributed by atoms with Gasteiger partial charge in [0, 0.05) is 5.69 Å². The zero-order valence-electron chi connectivity index (χ0n) is 9.42. The summed E-state index contributed by atoms with van der Waals surface area (Å²) >= 11 is 6.04. The molecule has 0 atom stereocenters. The van der Waals surface area contributed by atoms with E-state index >= 15 is 0 Å². The van der Waals surface area contributed by atoms with Crippen LogP contribution in [0.5, 0.6) is 5.75 Å². The number of hydrogen-bond acceptors (Lipinski definition) is 2. The average Bonchev–Trinajstić information content (AvgIpc) is 2.29. The smallest absolute Gasteiger partial charge is 0.138 e. The van der Waals surface area contributed by atoms with Crippen molar-refractivity contribution in [2.75, 3.05) is 12.3 Å². The van der Waals surface area contributed by atoms with E-state index in [-0.39, 0.29) is 0 Å². The number of nitrogens with two attached hydrogens (primary N) is 1. The topological polar surface area (TPSA) is 35.2 Å². The summed E-state index contributed by atoms with van der Waals surface area (Å²) in [6.45, 7) is 0.781. The molecule has 16 heavy (non-hydrogen) atoms. The first-order valence-corrected chi connectivity index (χ1v) is 6.31. The molecule has 1 aromatic rings. The van der Waals surface area contributed by atoms with Gasteiger partial charge in [-0.1, -0.05) is 30.9 Å². The van der Waals surface area contributed by atoms with Crippen LogP contribution < -0.4 is 10.5 Å². The minimum atomic E-state index is 0.607. The Balaban J connectivity index is 1.88. The number of anilines is 1. The van der Waals surface area contributed by atoms with Gasteiger partial charge in [0.05, 0.1) is 11.6 Å². The first-order chi connectivity index (χ1) is 7.75. The molecule has 2 rings (SSSR count). The molecule has 0 unspecified atom stereocenters. The van der Waals surface area contributed by atoms with E-state index in [1.54, 1.807) is 6.07 Å². The van der Waals surface area contributed by atoms with Crippen LogP contribution in [0.25, 0.3) is 0 Å². The van der Waals surface area contributed by atoms with Crippen LogP contribution in [-0.2, 0) is 0 Å². The first kappa shape index (κ1) is 11.6. The zero-order valence-corrected chi connectivity index (χ0v) is 10.2.